The van der Waals surface area contributed by atoms with Crippen LogP contribution < -0.4 is 0 Å². The quantitative estimate of drug-likeness (QED) is 0.591. The molecule has 2 aliphatic rings. The third-order valence-electron chi connectivity index (χ3n) is 3.14. The van der Waals surface area contributed by atoms with Gasteiger partial charge < -0.3 is 0 Å². The van der Waals surface area contributed by atoms with E-state index in [0.29, 0.717) is 6.17 Å². The molecule has 0 bridgehead atoms. The highest BCUT2D eigenvalue weighted by atomic mass is 16.7. The molecular weight excluding hydrogens is 176 g/mol. The summed E-state index contributed by atoms with van der Waals surface area (Å²) in [6.07, 6.45) is 2.73. The van der Waals surface area contributed by atoms with Crippen molar-refractivity contribution in [3.05, 3.63) is 6.73 Å². The third kappa shape index (κ3) is 1.47. The van der Waals surface area contributed by atoms with Gasteiger partial charge in [-0.3, -0.25) is 4.84 Å². The summed E-state index contributed by atoms with van der Waals surface area (Å²) in [4.78, 5) is 7.74. The normalized spacial score (nSPS) is 33.6. The van der Waals surface area contributed by atoms with E-state index in [9.17, 15) is 0 Å². The predicted molar refractivity (Wildman–Crippen MR) is 54.9 cm³/mol. The van der Waals surface area contributed by atoms with Crippen molar-refractivity contribution in [2.24, 2.45) is 0 Å². The van der Waals surface area contributed by atoms with Gasteiger partial charge in [-0.2, -0.15) is 5.06 Å². The molecule has 2 saturated heterocycles. The number of rotatable bonds is 0. The van der Waals surface area contributed by atoms with Crippen LogP contribution in [0.1, 0.15) is 47.5 Å². The molecular formula is C11H20N2O. The molecule has 0 saturated carbocycles. The van der Waals surface area contributed by atoms with Crippen molar-refractivity contribution in [3.8, 4) is 0 Å². The van der Waals surface area contributed by atoms with Crippen LogP contribution >= 0.6 is 0 Å². The summed E-state index contributed by atoms with van der Waals surface area (Å²) >= 11 is 0. The molecule has 2 aliphatic heterocycles. The van der Waals surface area contributed by atoms with Crippen LogP contribution in [0.2, 0.25) is 0 Å². The zero-order chi connectivity index (χ0) is 10.6. The van der Waals surface area contributed by atoms with Gasteiger partial charge in [0.2, 0.25) is 6.73 Å². The second-order valence-corrected chi connectivity index (χ2v) is 5.88. The Morgan fingerprint density at radius 2 is 2.00 bits per heavy atom. The third-order valence-corrected chi connectivity index (χ3v) is 3.14. The molecule has 0 aliphatic carbocycles. The van der Waals surface area contributed by atoms with Gasteiger partial charge in [0.1, 0.15) is 0 Å². The van der Waals surface area contributed by atoms with Crippen LogP contribution in [-0.2, 0) is 4.84 Å². The van der Waals surface area contributed by atoms with E-state index in [2.05, 4.69) is 51.3 Å². The number of nitrogens with zero attached hydrogens (tertiary/aromatic N) is 2. The fraction of sp³-hybridized carbons (Fsp3) is 0.909. The van der Waals surface area contributed by atoms with E-state index in [-0.39, 0.29) is 11.1 Å². The molecule has 0 spiro atoms. The summed E-state index contributed by atoms with van der Waals surface area (Å²) in [5, 5.41) is 2.08. The van der Waals surface area contributed by atoms with Gasteiger partial charge in [0.15, 0.2) is 0 Å². The van der Waals surface area contributed by atoms with E-state index in [1.54, 1.807) is 0 Å². The Morgan fingerprint density at radius 3 is 2.57 bits per heavy atom. The minimum atomic E-state index is 0.0971. The second kappa shape index (κ2) is 2.94. The number of fused-ring (bicyclic) bond motifs is 1. The van der Waals surface area contributed by atoms with Gasteiger partial charge in [-0.25, -0.2) is 4.90 Å². The molecule has 1 unspecified atom stereocenters. The molecule has 0 aromatic carbocycles. The molecule has 14 heavy (non-hydrogen) atoms. The highest BCUT2D eigenvalue weighted by Gasteiger charge is 2.51. The molecule has 2 radical (unpaired) electrons. The fourth-order valence-electron chi connectivity index (χ4n) is 2.26. The molecule has 80 valence electrons. The first-order valence-electron chi connectivity index (χ1n) is 5.34. The molecule has 3 heteroatoms. The van der Waals surface area contributed by atoms with Crippen molar-refractivity contribution in [1.29, 1.82) is 0 Å². The minimum Gasteiger partial charge on any atom is -0.264 e. The Bertz CT molecular complexity index is 232. The Labute approximate surface area is 87.0 Å². The molecule has 0 aromatic rings. The average Bonchev–Trinajstić information content (AvgIpc) is 2.51. The van der Waals surface area contributed by atoms with Crippen molar-refractivity contribution in [1.82, 2.24) is 9.96 Å². The van der Waals surface area contributed by atoms with Gasteiger partial charge in [-0.1, -0.05) is 0 Å². The van der Waals surface area contributed by atoms with Crippen LogP contribution in [0.15, 0.2) is 0 Å². The van der Waals surface area contributed by atoms with Gasteiger partial charge >= 0.3 is 0 Å². The number of hydrogen-bond acceptors (Lipinski definition) is 3. The first-order chi connectivity index (χ1) is 6.32. The minimum absolute atomic E-state index is 0.0971. The Kier molecular flexibility index (Phi) is 2.18. The Morgan fingerprint density at radius 1 is 1.36 bits per heavy atom. The fourth-order valence-corrected chi connectivity index (χ4v) is 2.26. The average molecular weight is 196 g/mol. The summed E-state index contributed by atoms with van der Waals surface area (Å²) in [6.45, 7) is 14.0. The highest BCUT2D eigenvalue weighted by molar-refractivity contribution is 4.97. The van der Waals surface area contributed by atoms with Crippen molar-refractivity contribution in [2.45, 2.75) is 64.7 Å². The van der Waals surface area contributed by atoms with E-state index >= 15 is 0 Å². The number of hydrogen-bond donors (Lipinski definition) is 0. The van der Waals surface area contributed by atoms with Crippen LogP contribution in [0.5, 0.6) is 0 Å². The molecule has 2 heterocycles. The maximum Gasteiger partial charge on any atom is 0.243 e. The van der Waals surface area contributed by atoms with E-state index in [0.717, 1.165) is 6.42 Å². The second-order valence-electron chi connectivity index (χ2n) is 5.88. The first kappa shape index (κ1) is 10.4. The monoisotopic (exact) mass is 196 g/mol. The standard InChI is InChI=1S/C11H20N2O/c1-10(2,3)12-8-14-13-9(12)6-7-11(13,4)5/h9H,6-7H2,1-5H3. The molecule has 2 rings (SSSR count). The van der Waals surface area contributed by atoms with Gasteiger partial charge in [-0.15, -0.1) is 0 Å². The van der Waals surface area contributed by atoms with Crippen LogP contribution in [0.25, 0.3) is 0 Å². The van der Waals surface area contributed by atoms with Gasteiger partial charge in [0.05, 0.1) is 6.17 Å². The summed E-state index contributed by atoms with van der Waals surface area (Å²) in [7, 11) is 0. The SMILES string of the molecule is CC(C)(C)N1[C]ON2C1CCC2(C)C. The molecule has 2 fully saturated rings. The predicted octanol–water partition coefficient (Wildman–Crippen LogP) is 2.23. The largest absolute Gasteiger partial charge is 0.264 e. The van der Waals surface area contributed by atoms with Crippen LogP contribution in [0.4, 0.5) is 0 Å². The smallest absolute Gasteiger partial charge is 0.243 e. The van der Waals surface area contributed by atoms with E-state index in [1.807, 2.05) is 0 Å². The molecule has 0 amide bonds. The molecule has 3 nitrogen and oxygen atoms in total. The lowest BCUT2D eigenvalue weighted by molar-refractivity contribution is -0.152. The van der Waals surface area contributed by atoms with E-state index < -0.39 is 0 Å². The summed E-state index contributed by atoms with van der Waals surface area (Å²) in [5.74, 6) is 0. The van der Waals surface area contributed by atoms with Gasteiger partial charge in [-0.05, 0) is 47.5 Å². The first-order valence-corrected chi connectivity index (χ1v) is 5.34. The van der Waals surface area contributed by atoms with Crippen LogP contribution in [0.3, 0.4) is 0 Å². The molecule has 0 N–H and O–H groups in total. The van der Waals surface area contributed by atoms with Gasteiger partial charge in [0.25, 0.3) is 0 Å². The van der Waals surface area contributed by atoms with Crippen LogP contribution in [-0.4, -0.2) is 27.2 Å². The van der Waals surface area contributed by atoms with E-state index in [4.69, 9.17) is 4.84 Å². The lowest BCUT2D eigenvalue weighted by atomic mass is 10.0. The van der Waals surface area contributed by atoms with Crippen LogP contribution in [0, 0.1) is 6.73 Å². The van der Waals surface area contributed by atoms with Crippen molar-refractivity contribution < 1.29 is 4.84 Å². The van der Waals surface area contributed by atoms with Crippen molar-refractivity contribution in [3.63, 3.8) is 0 Å². The summed E-state index contributed by atoms with van der Waals surface area (Å²) in [6, 6.07) is 0. The maximum atomic E-state index is 5.54. The summed E-state index contributed by atoms with van der Waals surface area (Å²) < 4.78 is 0. The lowest BCUT2D eigenvalue weighted by Gasteiger charge is -2.34. The molecule has 1 atom stereocenters. The van der Waals surface area contributed by atoms with Crippen molar-refractivity contribution in [2.75, 3.05) is 0 Å². The van der Waals surface area contributed by atoms with Crippen molar-refractivity contribution >= 4 is 0 Å². The van der Waals surface area contributed by atoms with E-state index in [1.165, 1.54) is 6.42 Å². The van der Waals surface area contributed by atoms with Gasteiger partial charge in [0, 0.05) is 11.1 Å². The summed E-state index contributed by atoms with van der Waals surface area (Å²) in [5.41, 5.74) is 0.248. The lowest BCUT2D eigenvalue weighted by Crippen LogP contribution is -2.47. The molecule has 0 aromatic heterocycles. The zero-order valence-electron chi connectivity index (χ0n) is 9.79. The Balaban J connectivity index is 2.16. The highest BCUT2D eigenvalue weighted by Crippen LogP contribution is 2.42. The topological polar surface area (TPSA) is 15.7 Å². The number of hydroxylamine groups is 2. The maximum absolute atomic E-state index is 5.54. The zero-order valence-corrected chi connectivity index (χ0v) is 9.79. The Hall–Kier alpha value is -0.120.